The van der Waals surface area contributed by atoms with E-state index in [4.69, 9.17) is 9.47 Å². The van der Waals surface area contributed by atoms with E-state index in [1.54, 1.807) is 6.21 Å². The lowest BCUT2D eigenvalue weighted by Crippen LogP contribution is -2.24. The molecule has 0 atom stereocenters. The van der Waals surface area contributed by atoms with Crippen LogP contribution in [-0.4, -0.2) is 18.7 Å². The van der Waals surface area contributed by atoms with Gasteiger partial charge in [-0.25, -0.2) is 5.43 Å². The second-order valence-corrected chi connectivity index (χ2v) is 5.88. The first-order chi connectivity index (χ1) is 13.2. The van der Waals surface area contributed by atoms with Gasteiger partial charge in [0.1, 0.15) is 17.2 Å². The fourth-order valence-electron chi connectivity index (χ4n) is 2.28. The van der Waals surface area contributed by atoms with Crippen molar-refractivity contribution in [1.29, 1.82) is 0 Å². The van der Waals surface area contributed by atoms with Gasteiger partial charge in [-0.3, -0.25) is 4.79 Å². The molecule has 5 heteroatoms. The lowest BCUT2D eigenvalue weighted by atomic mass is 10.2. The number of carbonyl (C=O) groups is 1. The molecule has 3 rings (SSSR count). The summed E-state index contributed by atoms with van der Waals surface area (Å²) in [6.45, 7) is 1.89. The number of rotatable bonds is 7. The Morgan fingerprint density at radius 1 is 0.926 bits per heavy atom. The van der Waals surface area contributed by atoms with Gasteiger partial charge in [0.25, 0.3) is 5.91 Å². The number of nitrogens with zero attached hydrogens (tertiary/aromatic N) is 1. The number of hydrazone groups is 1. The van der Waals surface area contributed by atoms with Crippen molar-refractivity contribution >= 4 is 12.1 Å². The highest BCUT2D eigenvalue weighted by Crippen LogP contribution is 2.21. The first-order valence-corrected chi connectivity index (χ1v) is 8.53. The van der Waals surface area contributed by atoms with Gasteiger partial charge in [0.15, 0.2) is 6.61 Å². The van der Waals surface area contributed by atoms with Gasteiger partial charge >= 0.3 is 0 Å². The van der Waals surface area contributed by atoms with Crippen LogP contribution in [0.3, 0.4) is 0 Å². The average Bonchev–Trinajstić information content (AvgIpc) is 2.69. The summed E-state index contributed by atoms with van der Waals surface area (Å²) in [6.07, 6.45) is 1.56. The Balaban J connectivity index is 1.49. The molecule has 1 N–H and O–H groups in total. The third-order valence-corrected chi connectivity index (χ3v) is 3.63. The molecular formula is C22H20N2O3. The fourth-order valence-corrected chi connectivity index (χ4v) is 2.28. The van der Waals surface area contributed by atoms with Crippen LogP contribution in [0.1, 0.15) is 11.1 Å². The van der Waals surface area contributed by atoms with Crippen LogP contribution >= 0.6 is 0 Å². The molecule has 0 saturated carbocycles. The maximum absolute atomic E-state index is 11.8. The minimum absolute atomic E-state index is 0.0996. The summed E-state index contributed by atoms with van der Waals surface area (Å²) in [4.78, 5) is 11.8. The van der Waals surface area contributed by atoms with E-state index in [-0.39, 0.29) is 12.5 Å². The standard InChI is InChI=1S/C22H20N2O3/c1-17-10-12-19(13-11-17)26-16-22(25)24-23-15-18-6-5-9-21(14-18)27-20-7-3-2-4-8-20/h2-15H,16H2,1H3,(H,24,25)/b23-15-. The lowest BCUT2D eigenvalue weighted by molar-refractivity contribution is -0.123. The first kappa shape index (κ1) is 18.2. The number of benzene rings is 3. The van der Waals surface area contributed by atoms with E-state index in [1.165, 1.54) is 0 Å². The van der Waals surface area contributed by atoms with E-state index in [0.29, 0.717) is 11.5 Å². The lowest BCUT2D eigenvalue weighted by Gasteiger charge is -2.06. The highest BCUT2D eigenvalue weighted by Gasteiger charge is 2.01. The van der Waals surface area contributed by atoms with Crippen LogP contribution in [0.15, 0.2) is 84.0 Å². The van der Waals surface area contributed by atoms with E-state index in [1.807, 2.05) is 85.8 Å². The molecular weight excluding hydrogens is 340 g/mol. The second kappa shape index (κ2) is 9.20. The molecule has 3 aromatic rings. The van der Waals surface area contributed by atoms with Crippen LogP contribution in [0.2, 0.25) is 0 Å². The van der Waals surface area contributed by atoms with Gasteiger partial charge < -0.3 is 9.47 Å². The summed E-state index contributed by atoms with van der Waals surface area (Å²) >= 11 is 0. The van der Waals surface area contributed by atoms with Crippen molar-refractivity contribution in [2.75, 3.05) is 6.61 Å². The number of para-hydroxylation sites is 1. The summed E-state index contributed by atoms with van der Waals surface area (Å²) in [6, 6.07) is 24.5. The van der Waals surface area contributed by atoms with Gasteiger partial charge in [-0.1, -0.05) is 48.0 Å². The second-order valence-electron chi connectivity index (χ2n) is 5.88. The smallest absolute Gasteiger partial charge is 0.277 e. The van der Waals surface area contributed by atoms with Crippen LogP contribution in [0.25, 0.3) is 0 Å². The van der Waals surface area contributed by atoms with Gasteiger partial charge in [0.05, 0.1) is 6.21 Å². The molecule has 136 valence electrons. The fraction of sp³-hybridized carbons (Fsp3) is 0.0909. The Kier molecular flexibility index (Phi) is 6.20. The Bertz CT molecular complexity index is 906. The molecule has 0 aliphatic carbocycles. The van der Waals surface area contributed by atoms with Crippen LogP contribution in [0.5, 0.6) is 17.2 Å². The van der Waals surface area contributed by atoms with Gasteiger partial charge in [0, 0.05) is 0 Å². The molecule has 0 aliphatic heterocycles. The highest BCUT2D eigenvalue weighted by molar-refractivity contribution is 5.83. The van der Waals surface area contributed by atoms with E-state index >= 15 is 0 Å². The van der Waals surface area contributed by atoms with E-state index in [0.717, 1.165) is 16.9 Å². The summed E-state index contributed by atoms with van der Waals surface area (Å²) < 4.78 is 11.2. The monoisotopic (exact) mass is 360 g/mol. The van der Waals surface area contributed by atoms with Crippen molar-refractivity contribution in [3.05, 3.63) is 90.0 Å². The van der Waals surface area contributed by atoms with Gasteiger partial charge in [-0.15, -0.1) is 0 Å². The molecule has 0 radical (unpaired) electrons. The zero-order valence-corrected chi connectivity index (χ0v) is 15.0. The number of nitrogens with one attached hydrogen (secondary N) is 1. The molecule has 0 bridgehead atoms. The maximum Gasteiger partial charge on any atom is 0.277 e. The normalized spacial score (nSPS) is 10.6. The molecule has 0 spiro atoms. The number of carbonyl (C=O) groups excluding carboxylic acids is 1. The molecule has 0 heterocycles. The molecule has 5 nitrogen and oxygen atoms in total. The third-order valence-electron chi connectivity index (χ3n) is 3.63. The quantitative estimate of drug-likeness (QED) is 0.504. The molecule has 3 aromatic carbocycles. The number of ether oxygens (including phenoxy) is 2. The highest BCUT2D eigenvalue weighted by atomic mass is 16.5. The molecule has 27 heavy (non-hydrogen) atoms. The minimum atomic E-state index is -0.330. The van der Waals surface area contributed by atoms with Crippen molar-refractivity contribution in [3.8, 4) is 17.2 Å². The van der Waals surface area contributed by atoms with E-state index < -0.39 is 0 Å². The molecule has 0 unspecified atom stereocenters. The van der Waals surface area contributed by atoms with Crippen LogP contribution in [0, 0.1) is 6.92 Å². The van der Waals surface area contributed by atoms with Gasteiger partial charge in [0.2, 0.25) is 0 Å². The largest absolute Gasteiger partial charge is 0.484 e. The van der Waals surface area contributed by atoms with Crippen LogP contribution in [-0.2, 0) is 4.79 Å². The molecule has 0 fully saturated rings. The Hall–Kier alpha value is -3.60. The SMILES string of the molecule is Cc1ccc(OCC(=O)N/N=C\c2cccc(Oc3ccccc3)c2)cc1. The zero-order chi connectivity index (χ0) is 18.9. The number of amides is 1. The third kappa shape index (κ3) is 6.01. The van der Waals surface area contributed by atoms with Crippen molar-refractivity contribution in [1.82, 2.24) is 5.43 Å². The summed E-state index contributed by atoms with van der Waals surface area (Å²) in [5.74, 6) is 1.77. The predicted octanol–water partition coefficient (Wildman–Crippen LogP) is 4.32. The summed E-state index contributed by atoms with van der Waals surface area (Å²) in [5.41, 5.74) is 4.39. The van der Waals surface area contributed by atoms with Crippen molar-refractivity contribution in [2.24, 2.45) is 5.10 Å². The Morgan fingerprint density at radius 2 is 1.67 bits per heavy atom. The average molecular weight is 360 g/mol. The molecule has 0 aliphatic rings. The first-order valence-electron chi connectivity index (χ1n) is 8.53. The maximum atomic E-state index is 11.8. The summed E-state index contributed by atoms with van der Waals surface area (Å²) in [5, 5.41) is 3.96. The predicted molar refractivity (Wildman–Crippen MR) is 105 cm³/mol. The summed E-state index contributed by atoms with van der Waals surface area (Å²) in [7, 11) is 0. The van der Waals surface area contributed by atoms with Crippen molar-refractivity contribution in [2.45, 2.75) is 6.92 Å². The van der Waals surface area contributed by atoms with Crippen LogP contribution < -0.4 is 14.9 Å². The Morgan fingerprint density at radius 3 is 2.44 bits per heavy atom. The Labute approximate surface area is 158 Å². The van der Waals surface area contributed by atoms with Crippen LogP contribution in [0.4, 0.5) is 0 Å². The number of hydrogen-bond donors (Lipinski definition) is 1. The molecule has 0 saturated heterocycles. The van der Waals surface area contributed by atoms with E-state index in [2.05, 4.69) is 10.5 Å². The molecule has 1 amide bonds. The van der Waals surface area contributed by atoms with Crippen molar-refractivity contribution in [3.63, 3.8) is 0 Å². The topological polar surface area (TPSA) is 59.9 Å². The zero-order valence-electron chi connectivity index (χ0n) is 15.0. The molecule has 0 aromatic heterocycles. The minimum Gasteiger partial charge on any atom is -0.484 e. The number of aryl methyl sites for hydroxylation is 1. The number of hydrogen-bond acceptors (Lipinski definition) is 4. The van der Waals surface area contributed by atoms with E-state index in [9.17, 15) is 4.79 Å². The van der Waals surface area contributed by atoms with Gasteiger partial charge in [-0.2, -0.15) is 5.10 Å². The van der Waals surface area contributed by atoms with Crippen molar-refractivity contribution < 1.29 is 14.3 Å². The van der Waals surface area contributed by atoms with Gasteiger partial charge in [-0.05, 0) is 48.9 Å².